The van der Waals surface area contributed by atoms with Gasteiger partial charge in [-0.05, 0) is 85.4 Å². The summed E-state index contributed by atoms with van der Waals surface area (Å²) in [7, 11) is 0. The zero-order valence-electron chi connectivity index (χ0n) is 26.5. The molecule has 240 valence electrons. The SMILES string of the molecule is CC1=CC=C2NC3=C(CCN(C(=O)Oc4ccc(Cl)cc4)C3c3ccc(OCCCOCCN4CCOCC4)cc3C)[C@H]2[C@H]1C. The Balaban J connectivity index is 1.14. The lowest BCUT2D eigenvalue weighted by atomic mass is 9.76. The molecule has 3 heterocycles. The van der Waals surface area contributed by atoms with Gasteiger partial charge in [-0.15, -0.1) is 0 Å². The highest BCUT2D eigenvalue weighted by molar-refractivity contribution is 6.30. The molecule has 0 saturated carbocycles. The van der Waals surface area contributed by atoms with E-state index in [1.807, 2.05) is 11.0 Å². The smallest absolute Gasteiger partial charge is 0.416 e. The number of aryl methyl sites for hydroxylation is 1. The molecule has 0 aromatic heterocycles. The number of halogens is 1. The topological polar surface area (TPSA) is 72.5 Å². The molecule has 1 aliphatic carbocycles. The monoisotopic (exact) mass is 633 g/mol. The van der Waals surface area contributed by atoms with Crippen molar-refractivity contribution >= 4 is 17.7 Å². The van der Waals surface area contributed by atoms with Gasteiger partial charge in [-0.3, -0.25) is 9.80 Å². The molecule has 1 fully saturated rings. The fraction of sp³-hybridized carbons (Fsp3) is 0.472. The summed E-state index contributed by atoms with van der Waals surface area (Å²) in [5.41, 5.74) is 7.17. The van der Waals surface area contributed by atoms with Gasteiger partial charge in [-0.2, -0.15) is 0 Å². The summed E-state index contributed by atoms with van der Waals surface area (Å²) in [6, 6.07) is 12.8. The van der Waals surface area contributed by atoms with Crippen molar-refractivity contribution in [2.75, 3.05) is 59.2 Å². The second-order valence-corrected chi connectivity index (χ2v) is 12.8. The van der Waals surface area contributed by atoms with Gasteiger partial charge in [0.15, 0.2) is 0 Å². The average molecular weight is 634 g/mol. The van der Waals surface area contributed by atoms with Gasteiger partial charge in [-0.25, -0.2) is 4.79 Å². The molecule has 2 aromatic carbocycles. The quantitative estimate of drug-likeness (QED) is 0.293. The maximum Gasteiger partial charge on any atom is 0.416 e. The number of amides is 1. The summed E-state index contributed by atoms with van der Waals surface area (Å²) in [5, 5.41) is 4.34. The first kappa shape index (κ1) is 31.7. The number of carbonyl (C=O) groups excluding carboxylic acids is 1. The molecule has 4 aliphatic rings. The van der Waals surface area contributed by atoms with E-state index < -0.39 is 0 Å². The molecule has 0 bridgehead atoms. The van der Waals surface area contributed by atoms with Crippen molar-refractivity contribution < 1.29 is 23.7 Å². The fourth-order valence-corrected chi connectivity index (χ4v) is 6.91. The Labute approximate surface area is 271 Å². The van der Waals surface area contributed by atoms with Crippen LogP contribution in [0.15, 0.2) is 77.2 Å². The van der Waals surface area contributed by atoms with Gasteiger partial charge < -0.3 is 24.3 Å². The van der Waals surface area contributed by atoms with E-state index in [0.29, 0.717) is 42.4 Å². The minimum atomic E-state index is -0.379. The zero-order valence-corrected chi connectivity index (χ0v) is 27.3. The molecule has 8 nitrogen and oxygen atoms in total. The number of ether oxygens (including phenoxy) is 4. The molecule has 45 heavy (non-hydrogen) atoms. The minimum Gasteiger partial charge on any atom is -0.493 e. The Morgan fingerprint density at radius 3 is 2.56 bits per heavy atom. The van der Waals surface area contributed by atoms with Crippen molar-refractivity contribution in [2.45, 2.75) is 39.7 Å². The van der Waals surface area contributed by atoms with Crippen molar-refractivity contribution in [1.29, 1.82) is 0 Å². The van der Waals surface area contributed by atoms with Crippen LogP contribution in [0.4, 0.5) is 4.79 Å². The second-order valence-electron chi connectivity index (χ2n) is 12.3. The van der Waals surface area contributed by atoms with Gasteiger partial charge in [0.25, 0.3) is 0 Å². The summed E-state index contributed by atoms with van der Waals surface area (Å²) in [6.07, 6.45) is 5.63. The molecule has 0 radical (unpaired) electrons. The summed E-state index contributed by atoms with van der Waals surface area (Å²) in [4.78, 5) is 17.9. The third-order valence-corrected chi connectivity index (χ3v) is 9.69. The van der Waals surface area contributed by atoms with Gasteiger partial charge in [-0.1, -0.05) is 36.2 Å². The van der Waals surface area contributed by atoms with Crippen LogP contribution >= 0.6 is 11.6 Å². The van der Waals surface area contributed by atoms with Crippen LogP contribution in [0.2, 0.25) is 5.02 Å². The highest BCUT2D eigenvalue weighted by Crippen LogP contribution is 2.49. The van der Waals surface area contributed by atoms with Crippen molar-refractivity contribution in [3.05, 3.63) is 93.3 Å². The molecule has 2 aromatic rings. The number of fused-ring (bicyclic) bond motifs is 2. The van der Waals surface area contributed by atoms with Crippen LogP contribution in [-0.4, -0.2) is 75.1 Å². The fourth-order valence-electron chi connectivity index (χ4n) is 6.78. The summed E-state index contributed by atoms with van der Waals surface area (Å²) < 4.78 is 23.2. The maximum atomic E-state index is 13.7. The van der Waals surface area contributed by atoms with E-state index >= 15 is 0 Å². The van der Waals surface area contributed by atoms with Gasteiger partial charge in [0, 0.05) is 61.5 Å². The summed E-state index contributed by atoms with van der Waals surface area (Å²) >= 11 is 6.06. The molecule has 3 atom stereocenters. The van der Waals surface area contributed by atoms with E-state index in [0.717, 1.165) is 74.9 Å². The summed E-state index contributed by atoms with van der Waals surface area (Å²) in [5.74, 6) is 1.99. The Hall–Kier alpha value is -3.30. The third-order valence-electron chi connectivity index (χ3n) is 9.43. The molecule has 0 spiro atoms. The van der Waals surface area contributed by atoms with Crippen LogP contribution in [0.3, 0.4) is 0 Å². The standard InChI is InChI=1S/C36H44ClN3O5/c1-24-5-12-32-33(26(24)3)31-13-14-40(36(41)45-28-8-6-27(37)7-9-28)35(34(31)38-32)30-11-10-29(23-25(30)2)44-19-4-18-42-20-15-39-16-21-43-22-17-39/h5-12,23,26,33,35,38H,4,13-22H2,1-3H3/t26-,33+,35?/m0/s1. The van der Waals surface area contributed by atoms with E-state index in [-0.39, 0.29) is 12.1 Å². The number of carbonyl (C=O) groups is 1. The van der Waals surface area contributed by atoms with Crippen LogP contribution in [0.5, 0.6) is 11.5 Å². The average Bonchev–Trinajstić information content (AvgIpc) is 3.43. The first-order valence-electron chi connectivity index (χ1n) is 16.1. The molecule has 1 unspecified atom stereocenters. The first-order valence-corrected chi connectivity index (χ1v) is 16.5. The molecule has 6 rings (SSSR count). The number of morpholine rings is 1. The number of hydrogen-bond donors (Lipinski definition) is 1. The van der Waals surface area contributed by atoms with E-state index in [4.69, 9.17) is 30.5 Å². The van der Waals surface area contributed by atoms with Crippen molar-refractivity contribution in [2.24, 2.45) is 11.8 Å². The molecule has 9 heteroatoms. The predicted molar refractivity (Wildman–Crippen MR) is 176 cm³/mol. The first-order chi connectivity index (χ1) is 21.9. The number of allylic oxidation sites excluding steroid dienone is 4. The van der Waals surface area contributed by atoms with Crippen LogP contribution in [-0.2, 0) is 9.47 Å². The lowest BCUT2D eigenvalue weighted by Crippen LogP contribution is -2.43. The molecule has 3 aliphatic heterocycles. The van der Waals surface area contributed by atoms with Crippen molar-refractivity contribution in [3.8, 4) is 11.5 Å². The molecule has 1 N–H and O–H groups in total. The third kappa shape index (κ3) is 7.25. The Bertz CT molecular complexity index is 1460. The summed E-state index contributed by atoms with van der Waals surface area (Å²) in [6.45, 7) is 13.6. The van der Waals surface area contributed by atoms with Gasteiger partial charge in [0.2, 0.25) is 0 Å². The Morgan fingerprint density at radius 2 is 1.78 bits per heavy atom. The van der Waals surface area contributed by atoms with E-state index in [1.54, 1.807) is 24.3 Å². The van der Waals surface area contributed by atoms with Crippen molar-refractivity contribution in [3.63, 3.8) is 0 Å². The van der Waals surface area contributed by atoms with Crippen molar-refractivity contribution in [1.82, 2.24) is 15.1 Å². The largest absolute Gasteiger partial charge is 0.493 e. The number of nitrogens with zero attached hydrogens (tertiary/aromatic N) is 2. The normalized spacial score (nSPS) is 23.1. The lowest BCUT2D eigenvalue weighted by molar-refractivity contribution is 0.0193. The minimum absolute atomic E-state index is 0.304. The van der Waals surface area contributed by atoms with E-state index in [2.05, 4.69) is 55.3 Å². The van der Waals surface area contributed by atoms with Gasteiger partial charge >= 0.3 is 6.09 Å². The number of nitrogens with one attached hydrogen (secondary N) is 1. The zero-order chi connectivity index (χ0) is 31.3. The Kier molecular flexibility index (Phi) is 10.1. The Morgan fingerprint density at radius 1 is 1.00 bits per heavy atom. The number of benzene rings is 2. The lowest BCUT2D eigenvalue weighted by Gasteiger charge is -2.38. The predicted octanol–water partition coefficient (Wildman–Crippen LogP) is 6.67. The molecular weight excluding hydrogens is 590 g/mol. The van der Waals surface area contributed by atoms with Crippen LogP contribution in [0.25, 0.3) is 0 Å². The highest BCUT2D eigenvalue weighted by Gasteiger charge is 2.44. The molecular formula is C36H44ClN3O5. The maximum absolute atomic E-state index is 13.7. The second kappa shape index (κ2) is 14.4. The van der Waals surface area contributed by atoms with Crippen LogP contribution in [0, 0.1) is 18.8 Å². The van der Waals surface area contributed by atoms with Crippen LogP contribution in [0.1, 0.15) is 43.9 Å². The van der Waals surface area contributed by atoms with Crippen LogP contribution < -0.4 is 14.8 Å². The number of rotatable bonds is 10. The van der Waals surface area contributed by atoms with E-state index in [1.165, 1.54) is 16.8 Å². The number of hydrogen-bond acceptors (Lipinski definition) is 7. The molecule has 1 amide bonds. The van der Waals surface area contributed by atoms with Gasteiger partial charge in [0.05, 0.1) is 26.4 Å². The molecule has 1 saturated heterocycles. The van der Waals surface area contributed by atoms with Gasteiger partial charge in [0.1, 0.15) is 17.5 Å². The highest BCUT2D eigenvalue weighted by atomic mass is 35.5. The van der Waals surface area contributed by atoms with E-state index in [9.17, 15) is 4.79 Å².